The fourth-order valence-electron chi connectivity index (χ4n) is 3.10. The van der Waals surface area contributed by atoms with E-state index in [2.05, 4.69) is 22.9 Å². The van der Waals surface area contributed by atoms with Gasteiger partial charge in [-0.1, -0.05) is 12.2 Å². The Hall–Kier alpha value is -1.74. The highest BCUT2D eigenvalue weighted by Gasteiger charge is 2.28. The molecule has 0 bridgehead atoms. The highest BCUT2D eigenvalue weighted by Crippen LogP contribution is 2.40. The first-order valence-electron chi connectivity index (χ1n) is 6.53. The molecule has 1 aliphatic heterocycles. The van der Waals surface area contributed by atoms with Gasteiger partial charge in [0.1, 0.15) is 5.78 Å². The summed E-state index contributed by atoms with van der Waals surface area (Å²) in [4.78, 5) is 11.6. The Morgan fingerprint density at radius 3 is 3.00 bits per heavy atom. The number of carbonyl (C=O) groups is 1. The van der Waals surface area contributed by atoms with E-state index in [0.717, 1.165) is 29.8 Å². The maximum absolute atomic E-state index is 11.6. The van der Waals surface area contributed by atoms with E-state index in [9.17, 15) is 4.79 Å². The van der Waals surface area contributed by atoms with Crippen molar-refractivity contribution in [3.05, 3.63) is 47.4 Å². The van der Waals surface area contributed by atoms with Crippen LogP contribution in [0.15, 0.2) is 36.2 Å². The van der Waals surface area contributed by atoms with Gasteiger partial charge in [0.05, 0.1) is 11.4 Å². The summed E-state index contributed by atoms with van der Waals surface area (Å²) < 4.78 is 3.82. The minimum absolute atomic E-state index is 0.247. The van der Waals surface area contributed by atoms with Gasteiger partial charge in [0, 0.05) is 48.3 Å². The number of hydrogen-bond acceptors (Lipinski definition) is 2. The van der Waals surface area contributed by atoms with Gasteiger partial charge in [-0.15, -0.1) is 0 Å². The standard InChI is InChI=1S/C15H13ClN2O/c16-18-9-11-8-12(19)4-5-13(11)17-7-6-10-2-1-3-14(18)15(10)17/h3,5-7,9H,1-2,4,8H2. The van der Waals surface area contributed by atoms with Crippen molar-refractivity contribution in [2.24, 2.45) is 0 Å². The van der Waals surface area contributed by atoms with Crippen molar-refractivity contribution in [2.45, 2.75) is 25.7 Å². The highest BCUT2D eigenvalue weighted by molar-refractivity contribution is 6.19. The van der Waals surface area contributed by atoms with E-state index in [1.54, 1.807) is 4.42 Å². The van der Waals surface area contributed by atoms with E-state index in [1.165, 1.54) is 11.3 Å². The normalized spacial score (nSPS) is 21.0. The molecule has 0 unspecified atom stereocenters. The van der Waals surface area contributed by atoms with E-state index in [0.29, 0.717) is 12.8 Å². The summed E-state index contributed by atoms with van der Waals surface area (Å²) in [5, 5.41) is 0. The van der Waals surface area contributed by atoms with Crippen molar-refractivity contribution in [1.82, 2.24) is 8.99 Å². The Morgan fingerprint density at radius 2 is 2.11 bits per heavy atom. The van der Waals surface area contributed by atoms with Gasteiger partial charge in [-0.05, 0) is 24.5 Å². The quantitative estimate of drug-likeness (QED) is 0.677. The van der Waals surface area contributed by atoms with Crippen LogP contribution in [0.3, 0.4) is 0 Å². The molecule has 3 aliphatic rings. The van der Waals surface area contributed by atoms with Crippen LogP contribution in [-0.4, -0.2) is 14.8 Å². The van der Waals surface area contributed by atoms with Crippen LogP contribution in [0.1, 0.15) is 30.5 Å². The first kappa shape index (κ1) is 11.1. The van der Waals surface area contributed by atoms with Crippen LogP contribution in [0.2, 0.25) is 0 Å². The maximum Gasteiger partial charge on any atom is 0.141 e. The lowest BCUT2D eigenvalue weighted by Crippen LogP contribution is -2.11. The number of aryl methyl sites for hydroxylation is 1. The molecule has 19 heavy (non-hydrogen) atoms. The van der Waals surface area contributed by atoms with Crippen molar-refractivity contribution in [1.29, 1.82) is 0 Å². The molecule has 0 fully saturated rings. The average molecular weight is 273 g/mol. The first-order chi connectivity index (χ1) is 9.24. The second-order valence-electron chi connectivity index (χ2n) is 5.16. The smallest absolute Gasteiger partial charge is 0.141 e. The SMILES string of the molecule is O=C1CC=C2C(=CN(Cl)C3=CCCc4ccn2c43)C1. The molecule has 2 aliphatic carbocycles. The minimum atomic E-state index is 0.247. The predicted octanol–water partition coefficient (Wildman–Crippen LogP) is 3.33. The largest absolute Gasteiger partial charge is 0.315 e. The second-order valence-corrected chi connectivity index (χ2v) is 5.53. The molecular formula is C15H13ClN2O. The van der Waals surface area contributed by atoms with Crippen LogP contribution >= 0.6 is 11.8 Å². The Kier molecular flexibility index (Phi) is 2.27. The van der Waals surface area contributed by atoms with Gasteiger partial charge in [0.15, 0.2) is 0 Å². The lowest BCUT2D eigenvalue weighted by molar-refractivity contribution is -0.117. The molecule has 0 aromatic carbocycles. The third-order valence-corrected chi connectivity index (χ3v) is 4.24. The molecule has 0 atom stereocenters. The number of Topliss-reactive ketones (excluding diaryl/α,β-unsaturated/α-hetero) is 1. The van der Waals surface area contributed by atoms with E-state index < -0.39 is 0 Å². The zero-order valence-corrected chi connectivity index (χ0v) is 11.2. The molecule has 0 radical (unpaired) electrons. The molecule has 3 nitrogen and oxygen atoms in total. The average Bonchev–Trinajstić information content (AvgIpc) is 2.77. The summed E-state index contributed by atoms with van der Waals surface area (Å²) in [7, 11) is 0. The van der Waals surface area contributed by atoms with Gasteiger partial charge in [0.2, 0.25) is 0 Å². The molecule has 0 N–H and O–H groups in total. The third kappa shape index (κ3) is 1.55. The maximum atomic E-state index is 11.6. The lowest BCUT2D eigenvalue weighted by Gasteiger charge is -2.20. The van der Waals surface area contributed by atoms with Gasteiger partial charge in [-0.25, -0.2) is 0 Å². The number of hydrogen-bond donors (Lipinski definition) is 0. The summed E-state index contributed by atoms with van der Waals surface area (Å²) in [6, 6.07) is 2.16. The van der Waals surface area contributed by atoms with Crippen LogP contribution < -0.4 is 0 Å². The number of allylic oxidation sites excluding steroid dienone is 4. The predicted molar refractivity (Wildman–Crippen MR) is 75.0 cm³/mol. The second kappa shape index (κ2) is 3.87. The summed E-state index contributed by atoms with van der Waals surface area (Å²) in [6.45, 7) is 0. The molecule has 0 amide bonds. The monoisotopic (exact) mass is 272 g/mol. The molecule has 1 aromatic rings. The number of carbonyl (C=O) groups excluding carboxylic acids is 1. The Bertz CT molecular complexity index is 678. The van der Waals surface area contributed by atoms with Crippen molar-refractivity contribution in [3.63, 3.8) is 0 Å². The lowest BCUT2D eigenvalue weighted by atomic mass is 9.98. The van der Waals surface area contributed by atoms with Crippen LogP contribution in [-0.2, 0) is 11.2 Å². The van der Waals surface area contributed by atoms with Gasteiger partial charge < -0.3 is 4.57 Å². The molecule has 0 spiro atoms. The third-order valence-electron chi connectivity index (χ3n) is 3.96. The summed E-state index contributed by atoms with van der Waals surface area (Å²) >= 11 is 6.38. The number of halogens is 1. The van der Waals surface area contributed by atoms with Gasteiger partial charge in [-0.3, -0.25) is 9.21 Å². The molecule has 0 saturated carbocycles. The van der Waals surface area contributed by atoms with Crippen molar-refractivity contribution < 1.29 is 4.79 Å². The molecule has 0 saturated heterocycles. The fraction of sp³-hybridized carbons (Fsp3) is 0.267. The van der Waals surface area contributed by atoms with Crippen molar-refractivity contribution in [2.75, 3.05) is 0 Å². The van der Waals surface area contributed by atoms with Gasteiger partial charge >= 0.3 is 0 Å². The Labute approximate surface area is 116 Å². The van der Waals surface area contributed by atoms with Gasteiger partial charge in [-0.2, -0.15) is 0 Å². The Balaban J connectivity index is 2.00. The van der Waals surface area contributed by atoms with E-state index in [4.69, 9.17) is 11.8 Å². The van der Waals surface area contributed by atoms with Crippen molar-refractivity contribution >= 4 is 29.0 Å². The molecule has 96 valence electrons. The first-order valence-corrected chi connectivity index (χ1v) is 6.87. The number of rotatable bonds is 0. The molecule has 4 rings (SSSR count). The van der Waals surface area contributed by atoms with Gasteiger partial charge in [0.25, 0.3) is 0 Å². The zero-order valence-electron chi connectivity index (χ0n) is 10.4. The molecular weight excluding hydrogens is 260 g/mol. The van der Waals surface area contributed by atoms with Crippen LogP contribution in [0, 0.1) is 0 Å². The van der Waals surface area contributed by atoms with Crippen LogP contribution in [0.25, 0.3) is 11.4 Å². The number of ketones is 1. The Morgan fingerprint density at radius 1 is 1.21 bits per heavy atom. The molecule has 1 aromatic heterocycles. The molecule has 2 heterocycles. The topological polar surface area (TPSA) is 25.2 Å². The van der Waals surface area contributed by atoms with Crippen LogP contribution in [0.5, 0.6) is 0 Å². The van der Waals surface area contributed by atoms with E-state index in [-0.39, 0.29) is 5.78 Å². The summed E-state index contributed by atoms with van der Waals surface area (Å²) in [5.41, 5.74) is 5.64. The van der Waals surface area contributed by atoms with Crippen molar-refractivity contribution in [3.8, 4) is 0 Å². The van der Waals surface area contributed by atoms with E-state index in [1.807, 2.05) is 12.3 Å². The zero-order chi connectivity index (χ0) is 13.0. The number of nitrogens with zero attached hydrogens (tertiary/aromatic N) is 2. The summed E-state index contributed by atoms with van der Waals surface area (Å²) in [5.74, 6) is 0.247. The number of fused-ring (bicyclic) bond motifs is 2. The summed E-state index contributed by atoms with van der Waals surface area (Å²) in [6.07, 6.45) is 11.2. The number of aromatic nitrogens is 1. The fourth-order valence-corrected chi connectivity index (χ4v) is 3.37. The van der Waals surface area contributed by atoms with Crippen LogP contribution in [0.4, 0.5) is 0 Å². The molecule has 4 heteroatoms. The minimum Gasteiger partial charge on any atom is -0.315 e. The highest BCUT2D eigenvalue weighted by atomic mass is 35.5. The van der Waals surface area contributed by atoms with E-state index >= 15 is 0 Å².